The largest absolute Gasteiger partial charge is 0.473 e. The van der Waals surface area contributed by atoms with Gasteiger partial charge in [-0.3, -0.25) is 4.98 Å². The fourth-order valence-electron chi connectivity index (χ4n) is 3.55. The molecule has 0 spiro atoms. The Labute approximate surface area is 206 Å². The Kier molecular flexibility index (Phi) is 8.11. The standard InChI is InChI=1S/C22H27N5O5S.H2S/c1-22(2,28)16-6-4-15(5-7-16)18-12-19-20(25-9-8-24-19)21(26-18)32-14-17-13-27(10-11-31-17)33(29,30)23-3;/h4-9,12,17,23,28H,10-11,13-14H2,1-3H3;1H2. The molecule has 2 N–H and O–H groups in total. The van der Waals surface area contributed by atoms with Crippen molar-refractivity contribution in [2.75, 3.05) is 33.4 Å². The Hall–Kier alpha value is -2.35. The van der Waals surface area contributed by atoms with Gasteiger partial charge in [0.2, 0.25) is 5.88 Å². The van der Waals surface area contributed by atoms with E-state index >= 15 is 0 Å². The minimum absolute atomic E-state index is 0. The lowest BCUT2D eigenvalue weighted by molar-refractivity contribution is -0.0256. The van der Waals surface area contributed by atoms with Gasteiger partial charge in [0.25, 0.3) is 10.2 Å². The number of morpholine rings is 1. The molecule has 1 aliphatic heterocycles. The zero-order valence-corrected chi connectivity index (χ0v) is 21.0. The van der Waals surface area contributed by atoms with Gasteiger partial charge in [-0.05, 0) is 25.5 Å². The van der Waals surface area contributed by atoms with Crippen LogP contribution in [0.4, 0.5) is 0 Å². The van der Waals surface area contributed by atoms with Crippen LogP contribution in [0.5, 0.6) is 5.88 Å². The molecule has 1 saturated heterocycles. The third kappa shape index (κ3) is 5.82. The highest BCUT2D eigenvalue weighted by atomic mass is 32.2. The van der Waals surface area contributed by atoms with Crippen molar-refractivity contribution < 1.29 is 23.0 Å². The molecule has 0 saturated carbocycles. The number of pyridine rings is 1. The monoisotopic (exact) mass is 507 g/mol. The molecule has 0 aliphatic carbocycles. The van der Waals surface area contributed by atoms with Crippen LogP contribution in [-0.4, -0.2) is 72.2 Å². The van der Waals surface area contributed by atoms with E-state index in [-0.39, 0.29) is 39.8 Å². The van der Waals surface area contributed by atoms with E-state index in [1.165, 1.54) is 11.4 Å². The predicted molar refractivity (Wildman–Crippen MR) is 133 cm³/mol. The van der Waals surface area contributed by atoms with Gasteiger partial charge in [0, 0.05) is 38.1 Å². The predicted octanol–water partition coefficient (Wildman–Crippen LogP) is 1.58. The first kappa shape index (κ1) is 26.3. The SMILES string of the molecule is CNS(=O)(=O)N1CCOC(COc2nc(-c3ccc(C(C)(C)O)cc3)cc3nccnc23)C1.S. The maximum absolute atomic E-state index is 12.1. The summed E-state index contributed by atoms with van der Waals surface area (Å²) in [6, 6.07) is 9.29. The summed E-state index contributed by atoms with van der Waals surface area (Å²) in [6.45, 7) is 4.29. The summed E-state index contributed by atoms with van der Waals surface area (Å²) < 4.78 is 39.5. The highest BCUT2D eigenvalue weighted by molar-refractivity contribution is 7.87. The first-order valence-electron chi connectivity index (χ1n) is 10.6. The number of rotatable bonds is 7. The summed E-state index contributed by atoms with van der Waals surface area (Å²) in [5.41, 5.74) is 2.45. The Morgan fingerprint density at radius 1 is 1.24 bits per heavy atom. The molecular formula is C22H29N5O5S2. The van der Waals surface area contributed by atoms with Gasteiger partial charge in [-0.2, -0.15) is 26.2 Å². The minimum Gasteiger partial charge on any atom is -0.473 e. The molecule has 1 unspecified atom stereocenters. The summed E-state index contributed by atoms with van der Waals surface area (Å²) in [4.78, 5) is 13.4. The third-order valence-corrected chi connectivity index (χ3v) is 6.94. The van der Waals surface area contributed by atoms with Crippen molar-refractivity contribution in [1.82, 2.24) is 24.0 Å². The number of nitrogens with zero attached hydrogens (tertiary/aromatic N) is 4. The van der Waals surface area contributed by atoms with E-state index in [2.05, 4.69) is 19.7 Å². The van der Waals surface area contributed by atoms with Gasteiger partial charge in [-0.1, -0.05) is 24.3 Å². The summed E-state index contributed by atoms with van der Waals surface area (Å²) in [5.74, 6) is 0.291. The van der Waals surface area contributed by atoms with Crippen LogP contribution in [0.15, 0.2) is 42.7 Å². The molecule has 0 radical (unpaired) electrons. The van der Waals surface area contributed by atoms with E-state index in [1.807, 2.05) is 30.3 Å². The fraction of sp³-hybridized carbons (Fsp3) is 0.409. The molecule has 3 heterocycles. The molecule has 10 nitrogen and oxygen atoms in total. The van der Waals surface area contributed by atoms with Crippen molar-refractivity contribution in [3.63, 3.8) is 0 Å². The van der Waals surface area contributed by atoms with Crippen molar-refractivity contribution in [3.8, 4) is 17.1 Å². The van der Waals surface area contributed by atoms with E-state index < -0.39 is 21.9 Å². The summed E-state index contributed by atoms with van der Waals surface area (Å²) in [7, 11) is -2.16. The maximum atomic E-state index is 12.1. The van der Waals surface area contributed by atoms with Gasteiger partial charge in [0.05, 0.1) is 23.4 Å². The topological polar surface area (TPSA) is 127 Å². The van der Waals surface area contributed by atoms with E-state index in [0.717, 1.165) is 11.1 Å². The number of benzene rings is 1. The molecule has 12 heteroatoms. The Bertz CT molecular complexity index is 1230. The van der Waals surface area contributed by atoms with Crippen LogP contribution in [0.2, 0.25) is 0 Å². The van der Waals surface area contributed by atoms with Crippen LogP contribution in [0.1, 0.15) is 19.4 Å². The van der Waals surface area contributed by atoms with Crippen molar-refractivity contribution >= 4 is 34.7 Å². The van der Waals surface area contributed by atoms with Crippen molar-refractivity contribution in [1.29, 1.82) is 0 Å². The number of hydrogen-bond donors (Lipinski definition) is 2. The summed E-state index contributed by atoms with van der Waals surface area (Å²) in [5, 5.41) is 10.2. The van der Waals surface area contributed by atoms with E-state index in [1.54, 1.807) is 26.2 Å². The van der Waals surface area contributed by atoms with Crippen LogP contribution in [0, 0.1) is 0 Å². The Balaban J connectivity index is 0.00000324. The van der Waals surface area contributed by atoms with Crippen LogP contribution >= 0.6 is 13.5 Å². The minimum atomic E-state index is -3.54. The number of aliphatic hydroxyl groups is 1. The number of hydrogen-bond acceptors (Lipinski definition) is 8. The Morgan fingerprint density at radius 3 is 2.62 bits per heavy atom. The fourth-order valence-corrected chi connectivity index (χ4v) is 4.49. The van der Waals surface area contributed by atoms with Crippen LogP contribution in [-0.2, 0) is 20.5 Å². The van der Waals surface area contributed by atoms with Crippen LogP contribution < -0.4 is 9.46 Å². The van der Waals surface area contributed by atoms with Crippen molar-refractivity contribution in [2.45, 2.75) is 25.6 Å². The van der Waals surface area contributed by atoms with Crippen LogP contribution in [0.25, 0.3) is 22.3 Å². The number of aromatic nitrogens is 3. The smallest absolute Gasteiger partial charge is 0.279 e. The lowest BCUT2D eigenvalue weighted by Crippen LogP contribution is -2.50. The first-order chi connectivity index (χ1) is 15.7. The molecule has 0 amide bonds. The third-order valence-electron chi connectivity index (χ3n) is 5.42. The lowest BCUT2D eigenvalue weighted by atomic mass is 9.96. The summed E-state index contributed by atoms with van der Waals surface area (Å²) >= 11 is 0. The molecule has 1 atom stereocenters. The molecule has 3 aromatic rings. The van der Waals surface area contributed by atoms with E-state index in [4.69, 9.17) is 9.47 Å². The van der Waals surface area contributed by atoms with Gasteiger partial charge in [0.1, 0.15) is 12.7 Å². The molecular weight excluding hydrogens is 478 g/mol. The molecule has 34 heavy (non-hydrogen) atoms. The second-order valence-corrected chi connectivity index (χ2v) is 10.1. The molecule has 0 bridgehead atoms. The number of ether oxygens (including phenoxy) is 2. The van der Waals surface area contributed by atoms with E-state index in [9.17, 15) is 13.5 Å². The highest BCUT2D eigenvalue weighted by Gasteiger charge is 2.29. The zero-order valence-electron chi connectivity index (χ0n) is 19.2. The zero-order chi connectivity index (χ0) is 23.6. The first-order valence-corrected chi connectivity index (χ1v) is 12.0. The van der Waals surface area contributed by atoms with Crippen LogP contribution in [0.3, 0.4) is 0 Å². The lowest BCUT2D eigenvalue weighted by Gasteiger charge is -2.31. The normalized spacial score (nSPS) is 17.4. The molecule has 1 fully saturated rings. The highest BCUT2D eigenvalue weighted by Crippen LogP contribution is 2.29. The second-order valence-electron chi connectivity index (χ2n) is 8.24. The van der Waals surface area contributed by atoms with Crippen molar-refractivity contribution in [3.05, 3.63) is 48.3 Å². The average Bonchev–Trinajstić information content (AvgIpc) is 2.82. The Morgan fingerprint density at radius 2 is 1.94 bits per heavy atom. The van der Waals surface area contributed by atoms with Gasteiger partial charge >= 0.3 is 0 Å². The van der Waals surface area contributed by atoms with E-state index in [0.29, 0.717) is 22.6 Å². The maximum Gasteiger partial charge on any atom is 0.279 e. The molecule has 1 aliphatic rings. The molecule has 4 rings (SSSR count). The average molecular weight is 508 g/mol. The van der Waals surface area contributed by atoms with Gasteiger partial charge in [-0.25, -0.2) is 14.7 Å². The molecule has 2 aromatic heterocycles. The van der Waals surface area contributed by atoms with Crippen molar-refractivity contribution in [2.24, 2.45) is 0 Å². The number of nitrogens with one attached hydrogen (secondary N) is 1. The molecule has 184 valence electrons. The summed E-state index contributed by atoms with van der Waals surface area (Å²) in [6.07, 6.45) is 2.70. The quantitative estimate of drug-likeness (QED) is 0.494. The van der Waals surface area contributed by atoms with Gasteiger partial charge < -0.3 is 14.6 Å². The second kappa shape index (κ2) is 10.5. The van der Waals surface area contributed by atoms with Gasteiger partial charge in [0.15, 0.2) is 5.52 Å². The van der Waals surface area contributed by atoms with Gasteiger partial charge in [-0.15, -0.1) is 0 Å². The number of fused-ring (bicyclic) bond motifs is 1. The molecule has 1 aromatic carbocycles.